The van der Waals surface area contributed by atoms with E-state index in [4.69, 9.17) is 5.73 Å². The molecule has 9 heteroatoms. The van der Waals surface area contributed by atoms with E-state index in [1.165, 1.54) is 68.0 Å². The summed E-state index contributed by atoms with van der Waals surface area (Å²) in [5, 5.41) is 3.00. The van der Waals surface area contributed by atoms with Crippen molar-refractivity contribution < 1.29 is 14.4 Å². The van der Waals surface area contributed by atoms with Crippen LogP contribution >= 0.6 is 11.8 Å². The maximum absolute atomic E-state index is 12.4. The summed E-state index contributed by atoms with van der Waals surface area (Å²) < 4.78 is 0. The number of thioether (sulfide) groups is 1. The molecule has 2 aliphatic rings. The third-order valence-corrected chi connectivity index (χ3v) is 6.45. The number of amidine groups is 1. The standard InChI is InChI=1S/C20H35N5O3S/c1-3-4-5-6-7-8-9-10-11-12-13-25-16-17(22-20(25)29-14-15(21)26)24(2)19(28)23-18(16)27/h16-17H,3-14H2,1-2H3,(H2,21,26)(H,23,27,28). The summed E-state index contributed by atoms with van der Waals surface area (Å²) >= 11 is 1.24. The van der Waals surface area contributed by atoms with Crippen LogP contribution in [-0.4, -0.2) is 64.4 Å². The van der Waals surface area contributed by atoms with E-state index in [0.29, 0.717) is 11.7 Å². The molecule has 2 heterocycles. The van der Waals surface area contributed by atoms with Crippen molar-refractivity contribution in [1.29, 1.82) is 0 Å². The average Bonchev–Trinajstić information content (AvgIpc) is 3.05. The Kier molecular flexibility index (Phi) is 9.76. The van der Waals surface area contributed by atoms with Crippen molar-refractivity contribution in [3.8, 4) is 0 Å². The van der Waals surface area contributed by atoms with Crippen molar-refractivity contribution in [2.75, 3.05) is 19.3 Å². The van der Waals surface area contributed by atoms with Crippen LogP contribution in [0.1, 0.15) is 71.1 Å². The third-order valence-electron chi connectivity index (χ3n) is 5.42. The van der Waals surface area contributed by atoms with Crippen molar-refractivity contribution in [1.82, 2.24) is 15.1 Å². The van der Waals surface area contributed by atoms with Crippen LogP contribution in [0.25, 0.3) is 0 Å². The SMILES string of the molecule is CCCCCCCCCCCCN1C(SCC(N)=O)=NC2C1C(=O)NC(=O)N2C. The van der Waals surface area contributed by atoms with E-state index in [0.717, 1.165) is 12.8 Å². The Morgan fingerprint density at radius 3 is 2.24 bits per heavy atom. The quantitative estimate of drug-likeness (QED) is 0.441. The van der Waals surface area contributed by atoms with Gasteiger partial charge in [-0.1, -0.05) is 76.5 Å². The molecule has 0 radical (unpaired) electrons. The molecule has 3 N–H and O–H groups in total. The maximum Gasteiger partial charge on any atom is 0.325 e. The molecular weight excluding hydrogens is 390 g/mol. The van der Waals surface area contributed by atoms with Gasteiger partial charge in [0.1, 0.15) is 0 Å². The number of imide groups is 1. The summed E-state index contributed by atoms with van der Waals surface area (Å²) in [5.74, 6) is -0.657. The Morgan fingerprint density at radius 2 is 1.66 bits per heavy atom. The number of primary amides is 1. The number of unbranched alkanes of at least 4 members (excludes halogenated alkanes) is 9. The Balaban J connectivity index is 1.80. The van der Waals surface area contributed by atoms with E-state index >= 15 is 0 Å². The molecule has 2 atom stereocenters. The summed E-state index contributed by atoms with van der Waals surface area (Å²) in [7, 11) is 1.63. The van der Waals surface area contributed by atoms with Crippen LogP contribution in [0.3, 0.4) is 0 Å². The zero-order valence-electron chi connectivity index (χ0n) is 17.7. The van der Waals surface area contributed by atoms with Gasteiger partial charge >= 0.3 is 6.03 Å². The predicted octanol–water partition coefficient (Wildman–Crippen LogP) is 2.67. The van der Waals surface area contributed by atoms with Crippen molar-refractivity contribution in [2.24, 2.45) is 10.7 Å². The number of nitrogens with two attached hydrogens (primary N) is 1. The van der Waals surface area contributed by atoms with Crippen molar-refractivity contribution >= 4 is 34.8 Å². The number of amides is 4. The second-order valence-corrected chi connectivity index (χ2v) is 8.75. The molecule has 2 aliphatic heterocycles. The van der Waals surface area contributed by atoms with E-state index in [1.807, 2.05) is 4.90 Å². The van der Waals surface area contributed by atoms with Gasteiger partial charge in [0.25, 0.3) is 5.91 Å². The molecule has 0 saturated carbocycles. The van der Waals surface area contributed by atoms with Crippen LogP contribution in [-0.2, 0) is 9.59 Å². The van der Waals surface area contributed by atoms with Gasteiger partial charge < -0.3 is 15.5 Å². The number of carbonyl (C=O) groups is 3. The molecule has 29 heavy (non-hydrogen) atoms. The second kappa shape index (κ2) is 12.0. The fourth-order valence-corrected chi connectivity index (χ4v) is 4.59. The highest BCUT2D eigenvalue weighted by atomic mass is 32.2. The van der Waals surface area contributed by atoms with Gasteiger partial charge in [-0.2, -0.15) is 0 Å². The molecule has 0 aromatic heterocycles. The number of fused-ring (bicyclic) bond motifs is 1. The van der Waals surface area contributed by atoms with Crippen molar-refractivity contribution in [2.45, 2.75) is 83.3 Å². The van der Waals surface area contributed by atoms with Gasteiger partial charge in [-0.15, -0.1) is 0 Å². The Labute approximate surface area is 178 Å². The number of likely N-dealkylation sites (N-methyl/N-ethyl adjacent to an activating group) is 1. The molecule has 0 aromatic rings. The van der Waals surface area contributed by atoms with Crippen LogP contribution in [0.4, 0.5) is 4.79 Å². The maximum atomic E-state index is 12.4. The van der Waals surface area contributed by atoms with Crippen LogP contribution in [0.2, 0.25) is 0 Å². The molecule has 164 valence electrons. The molecule has 0 spiro atoms. The van der Waals surface area contributed by atoms with Gasteiger partial charge in [-0.25, -0.2) is 9.79 Å². The Bertz CT molecular complexity index is 613. The van der Waals surface area contributed by atoms with Gasteiger partial charge in [0.2, 0.25) is 5.91 Å². The van der Waals surface area contributed by atoms with Gasteiger partial charge in [-0.05, 0) is 6.42 Å². The van der Waals surface area contributed by atoms with Crippen molar-refractivity contribution in [3.05, 3.63) is 0 Å². The lowest BCUT2D eigenvalue weighted by atomic mass is 10.1. The third kappa shape index (κ3) is 6.90. The lowest BCUT2D eigenvalue weighted by Gasteiger charge is -2.36. The highest BCUT2D eigenvalue weighted by Crippen LogP contribution is 2.28. The smallest absolute Gasteiger partial charge is 0.325 e. The lowest BCUT2D eigenvalue weighted by Crippen LogP contribution is -2.63. The van der Waals surface area contributed by atoms with E-state index in [9.17, 15) is 14.4 Å². The molecule has 0 aliphatic carbocycles. The minimum Gasteiger partial charge on any atom is -0.369 e. The van der Waals surface area contributed by atoms with E-state index in [1.54, 1.807) is 7.05 Å². The van der Waals surface area contributed by atoms with Crippen LogP contribution in [0.5, 0.6) is 0 Å². The second-order valence-electron chi connectivity index (χ2n) is 7.81. The summed E-state index contributed by atoms with van der Waals surface area (Å²) in [4.78, 5) is 43.4. The van der Waals surface area contributed by atoms with Crippen molar-refractivity contribution in [3.63, 3.8) is 0 Å². The number of hydrogen-bond donors (Lipinski definition) is 2. The molecule has 0 aromatic carbocycles. The van der Waals surface area contributed by atoms with Gasteiger partial charge in [-0.3, -0.25) is 14.9 Å². The largest absolute Gasteiger partial charge is 0.369 e. The molecule has 8 nitrogen and oxygen atoms in total. The monoisotopic (exact) mass is 425 g/mol. The summed E-state index contributed by atoms with van der Waals surface area (Å²) in [5.41, 5.74) is 5.27. The summed E-state index contributed by atoms with van der Waals surface area (Å²) in [6.07, 6.45) is 11.8. The lowest BCUT2D eigenvalue weighted by molar-refractivity contribution is -0.127. The number of aliphatic imine (C=N–C) groups is 1. The normalized spacial score (nSPS) is 21.2. The number of nitrogens with one attached hydrogen (secondary N) is 1. The number of rotatable bonds is 13. The summed E-state index contributed by atoms with van der Waals surface area (Å²) in [6.45, 7) is 2.91. The Hall–Kier alpha value is -1.77. The molecule has 0 bridgehead atoms. The zero-order valence-corrected chi connectivity index (χ0v) is 18.5. The molecule has 4 amide bonds. The van der Waals surface area contributed by atoms with Gasteiger partial charge in [0, 0.05) is 13.6 Å². The van der Waals surface area contributed by atoms with E-state index in [-0.39, 0.29) is 11.7 Å². The van der Waals surface area contributed by atoms with Crippen LogP contribution in [0, 0.1) is 0 Å². The highest BCUT2D eigenvalue weighted by molar-refractivity contribution is 8.14. The Morgan fingerprint density at radius 1 is 1.07 bits per heavy atom. The number of urea groups is 1. The first-order valence-electron chi connectivity index (χ1n) is 10.8. The van der Waals surface area contributed by atoms with Crippen LogP contribution in [0.15, 0.2) is 4.99 Å². The van der Waals surface area contributed by atoms with Gasteiger partial charge in [0.05, 0.1) is 5.75 Å². The minimum atomic E-state index is -0.547. The topological polar surface area (TPSA) is 108 Å². The molecule has 1 fully saturated rings. The van der Waals surface area contributed by atoms with E-state index < -0.39 is 24.1 Å². The molecule has 2 rings (SSSR count). The minimum absolute atomic E-state index is 0.103. The first kappa shape index (κ1) is 23.5. The fourth-order valence-electron chi connectivity index (χ4n) is 3.76. The fraction of sp³-hybridized carbons (Fsp3) is 0.800. The number of nitrogens with zero attached hydrogens (tertiary/aromatic N) is 3. The first-order valence-corrected chi connectivity index (χ1v) is 11.8. The molecule has 1 saturated heterocycles. The number of carbonyl (C=O) groups excluding carboxylic acids is 3. The highest BCUT2D eigenvalue weighted by Gasteiger charge is 2.48. The molecule has 2 unspecified atom stereocenters. The first-order chi connectivity index (χ1) is 14.0. The van der Waals surface area contributed by atoms with Gasteiger partial charge in [0.15, 0.2) is 17.4 Å². The summed E-state index contributed by atoms with van der Waals surface area (Å²) in [6, 6.07) is -0.980. The number of hydrogen-bond acceptors (Lipinski definition) is 6. The van der Waals surface area contributed by atoms with E-state index in [2.05, 4.69) is 17.2 Å². The average molecular weight is 426 g/mol. The molecular formula is C20H35N5O3S. The zero-order chi connectivity index (χ0) is 21.2. The van der Waals surface area contributed by atoms with Crippen LogP contribution < -0.4 is 11.1 Å². The predicted molar refractivity (Wildman–Crippen MR) is 117 cm³/mol.